The third-order valence-electron chi connectivity index (χ3n) is 6.05. The van der Waals surface area contributed by atoms with Crippen LogP contribution in [-0.2, 0) is 0 Å². The quantitative estimate of drug-likeness (QED) is 0.641. The minimum absolute atomic E-state index is 0.0963. The van der Waals surface area contributed by atoms with Gasteiger partial charge in [-0.05, 0) is 51.7 Å². The summed E-state index contributed by atoms with van der Waals surface area (Å²) in [7, 11) is 0. The number of amides is 1. The largest absolute Gasteiger partial charge is 0.489 e. The first kappa shape index (κ1) is 22.5. The lowest BCUT2D eigenvalue weighted by molar-refractivity contribution is 0.0791. The van der Waals surface area contributed by atoms with Crippen molar-refractivity contribution in [2.24, 2.45) is 10.7 Å². The molecule has 1 saturated heterocycles. The molecule has 1 aromatic rings. The van der Waals surface area contributed by atoms with Gasteiger partial charge in [0.2, 0.25) is 0 Å². The molecule has 0 unspecified atom stereocenters. The first-order chi connectivity index (χ1) is 15.2. The molecule has 0 radical (unpaired) electrons. The molecule has 2 aliphatic heterocycles. The number of allylic oxidation sites excluding steroid dienone is 2. The zero-order valence-electron chi connectivity index (χ0n) is 18.2. The van der Waals surface area contributed by atoms with Crippen LogP contribution in [0.15, 0.2) is 45.3 Å². The van der Waals surface area contributed by atoms with E-state index < -0.39 is 5.82 Å². The van der Waals surface area contributed by atoms with E-state index >= 15 is 0 Å². The van der Waals surface area contributed by atoms with Gasteiger partial charge < -0.3 is 26.1 Å². The van der Waals surface area contributed by atoms with Crippen molar-refractivity contribution in [1.29, 1.82) is 5.41 Å². The zero-order valence-corrected chi connectivity index (χ0v) is 18.9. The van der Waals surface area contributed by atoms with Crippen LogP contribution in [0.1, 0.15) is 49.9 Å². The second kappa shape index (κ2) is 9.03. The molecule has 0 spiro atoms. The number of hydrogen-bond acceptors (Lipinski definition) is 6. The standard InChI is InChI=1S/C23H27ClFN5O2/c1-12-21(24)13(2)29-22(28-12)18-10-30(11-19(18)27)23(31)17-8-3-14(25)9-20(17)32-16-6-4-15(26)5-7-16/h3,8-9,15-16,27-28H,4-7,10-11,26H2,1-2H3/b22-18+,27-19?. The van der Waals surface area contributed by atoms with E-state index in [1.807, 2.05) is 6.92 Å². The molecule has 3 aliphatic rings. The van der Waals surface area contributed by atoms with Gasteiger partial charge in [0.15, 0.2) is 0 Å². The van der Waals surface area contributed by atoms with Crippen LogP contribution >= 0.6 is 11.6 Å². The van der Waals surface area contributed by atoms with E-state index in [1.165, 1.54) is 18.2 Å². The number of nitrogens with two attached hydrogens (primary N) is 1. The fraction of sp³-hybridized carbons (Fsp3) is 0.435. The molecular formula is C23H27ClFN5O2. The predicted octanol–water partition coefficient (Wildman–Crippen LogP) is 3.70. The van der Waals surface area contributed by atoms with E-state index in [4.69, 9.17) is 27.5 Å². The SMILES string of the molecule is CC1=N/C(=C2\CN(C(=O)c3ccc(F)cc3OC3CCC(N)CC3)CC2=N)NC(C)=C1Cl. The van der Waals surface area contributed by atoms with Crippen LogP contribution in [0, 0.1) is 11.2 Å². The number of rotatable bonds is 3. The van der Waals surface area contributed by atoms with Gasteiger partial charge >= 0.3 is 0 Å². The summed E-state index contributed by atoms with van der Waals surface area (Å²) in [5, 5.41) is 12.1. The van der Waals surface area contributed by atoms with Crippen molar-refractivity contribution in [3.8, 4) is 5.75 Å². The van der Waals surface area contributed by atoms with E-state index in [1.54, 1.807) is 11.8 Å². The highest BCUT2D eigenvalue weighted by Gasteiger charge is 2.32. The highest BCUT2D eigenvalue weighted by Crippen LogP contribution is 2.30. The Morgan fingerprint density at radius 3 is 2.69 bits per heavy atom. The Balaban J connectivity index is 1.55. The number of benzene rings is 1. The molecule has 1 aliphatic carbocycles. The van der Waals surface area contributed by atoms with E-state index in [0.29, 0.717) is 27.8 Å². The number of ether oxygens (including phenoxy) is 1. The van der Waals surface area contributed by atoms with Gasteiger partial charge in [-0.1, -0.05) is 11.6 Å². The molecule has 4 N–H and O–H groups in total. The molecule has 32 heavy (non-hydrogen) atoms. The Kier molecular flexibility index (Phi) is 6.35. The summed E-state index contributed by atoms with van der Waals surface area (Å²) >= 11 is 6.20. The fourth-order valence-corrected chi connectivity index (χ4v) is 4.30. The smallest absolute Gasteiger partial charge is 0.258 e. The maximum atomic E-state index is 14.0. The summed E-state index contributed by atoms with van der Waals surface area (Å²) in [4.78, 5) is 19.3. The monoisotopic (exact) mass is 459 g/mol. The lowest BCUT2D eigenvalue weighted by Gasteiger charge is -2.28. The van der Waals surface area contributed by atoms with Crippen molar-refractivity contribution in [1.82, 2.24) is 10.2 Å². The van der Waals surface area contributed by atoms with Crippen molar-refractivity contribution in [3.63, 3.8) is 0 Å². The molecule has 2 heterocycles. The average Bonchev–Trinajstić information content (AvgIpc) is 3.14. The van der Waals surface area contributed by atoms with Gasteiger partial charge in [0.25, 0.3) is 5.91 Å². The second-order valence-corrected chi connectivity index (χ2v) is 8.90. The maximum absolute atomic E-state index is 14.0. The minimum Gasteiger partial charge on any atom is -0.489 e. The number of carbonyl (C=O) groups excluding carboxylic acids is 1. The van der Waals surface area contributed by atoms with Crippen LogP contribution in [-0.4, -0.2) is 47.5 Å². The van der Waals surface area contributed by atoms with Crippen LogP contribution < -0.4 is 15.8 Å². The topological polar surface area (TPSA) is 104 Å². The van der Waals surface area contributed by atoms with Crippen molar-refractivity contribution < 1.29 is 13.9 Å². The first-order valence-corrected chi connectivity index (χ1v) is 11.1. The van der Waals surface area contributed by atoms with E-state index in [9.17, 15) is 9.18 Å². The number of likely N-dealkylation sites (tertiary alicyclic amines) is 1. The Morgan fingerprint density at radius 1 is 1.28 bits per heavy atom. The summed E-state index contributed by atoms with van der Waals surface area (Å²) in [6.07, 6.45) is 3.13. The third kappa shape index (κ3) is 4.56. The fourth-order valence-electron chi connectivity index (χ4n) is 4.21. The molecule has 0 bridgehead atoms. The van der Waals surface area contributed by atoms with Crippen molar-refractivity contribution >= 4 is 28.9 Å². The molecule has 1 saturated carbocycles. The van der Waals surface area contributed by atoms with E-state index in [2.05, 4.69) is 10.3 Å². The summed E-state index contributed by atoms with van der Waals surface area (Å²) in [6, 6.07) is 4.13. The molecule has 170 valence electrons. The van der Waals surface area contributed by atoms with Crippen molar-refractivity contribution in [3.05, 3.63) is 51.7 Å². The first-order valence-electron chi connectivity index (χ1n) is 10.7. The van der Waals surface area contributed by atoms with Gasteiger partial charge in [-0.2, -0.15) is 0 Å². The Morgan fingerprint density at radius 2 is 2.00 bits per heavy atom. The minimum atomic E-state index is -0.462. The van der Waals surface area contributed by atoms with E-state index in [-0.39, 0.29) is 42.5 Å². The summed E-state index contributed by atoms with van der Waals surface area (Å²) in [5.74, 6) is -0.0109. The second-order valence-electron chi connectivity index (χ2n) is 8.52. The molecule has 1 aromatic carbocycles. The highest BCUT2D eigenvalue weighted by atomic mass is 35.5. The zero-order chi connectivity index (χ0) is 23.0. The van der Waals surface area contributed by atoms with Gasteiger partial charge in [0.1, 0.15) is 17.4 Å². The van der Waals surface area contributed by atoms with Crippen LogP contribution in [0.3, 0.4) is 0 Å². The molecule has 4 rings (SSSR count). The molecule has 0 aromatic heterocycles. The van der Waals surface area contributed by atoms with Gasteiger partial charge in [-0.25, -0.2) is 9.38 Å². The summed E-state index contributed by atoms with van der Waals surface area (Å²) in [6.45, 7) is 3.99. The van der Waals surface area contributed by atoms with Gasteiger partial charge in [0.05, 0.1) is 41.2 Å². The van der Waals surface area contributed by atoms with Gasteiger partial charge in [-0.3, -0.25) is 4.79 Å². The molecule has 1 amide bonds. The molecule has 2 fully saturated rings. The van der Waals surface area contributed by atoms with Crippen molar-refractivity contribution in [2.75, 3.05) is 13.1 Å². The lowest BCUT2D eigenvalue weighted by Crippen LogP contribution is -2.33. The molecule has 7 nitrogen and oxygen atoms in total. The van der Waals surface area contributed by atoms with Crippen LogP contribution in [0.2, 0.25) is 0 Å². The Hall–Kier alpha value is -2.71. The lowest BCUT2D eigenvalue weighted by atomic mass is 9.93. The van der Waals surface area contributed by atoms with Crippen LogP contribution in [0.25, 0.3) is 0 Å². The number of halogens is 2. The number of carbonyl (C=O) groups is 1. The average molecular weight is 460 g/mol. The third-order valence-corrected chi connectivity index (χ3v) is 6.61. The maximum Gasteiger partial charge on any atom is 0.258 e. The number of nitrogens with zero attached hydrogens (tertiary/aromatic N) is 2. The highest BCUT2D eigenvalue weighted by molar-refractivity contribution is 6.43. The van der Waals surface area contributed by atoms with Crippen LogP contribution in [0.5, 0.6) is 5.75 Å². The molecule has 0 atom stereocenters. The number of nitrogens with one attached hydrogen (secondary N) is 2. The van der Waals surface area contributed by atoms with Crippen molar-refractivity contribution in [2.45, 2.75) is 51.7 Å². The van der Waals surface area contributed by atoms with Crippen LogP contribution in [0.4, 0.5) is 4.39 Å². The van der Waals surface area contributed by atoms with Gasteiger partial charge in [-0.15, -0.1) is 0 Å². The number of aliphatic imine (C=N–C) groups is 1. The predicted molar refractivity (Wildman–Crippen MR) is 123 cm³/mol. The number of hydrogen-bond donors (Lipinski definition) is 3. The van der Waals surface area contributed by atoms with E-state index in [0.717, 1.165) is 31.4 Å². The molecule has 9 heteroatoms. The Labute approximate surface area is 191 Å². The summed E-state index contributed by atoms with van der Waals surface area (Å²) < 4.78 is 20.0. The molecular weight excluding hydrogens is 433 g/mol. The summed E-state index contributed by atoms with van der Waals surface area (Å²) in [5.41, 5.74) is 8.59. The normalized spacial score (nSPS) is 26.2. The van der Waals surface area contributed by atoms with Gasteiger partial charge in [0, 0.05) is 23.4 Å². The Bertz CT molecular complexity index is 1060.